The van der Waals surface area contributed by atoms with Crippen molar-refractivity contribution in [3.63, 3.8) is 0 Å². The molecule has 12 heavy (non-hydrogen) atoms. The first-order valence-corrected chi connectivity index (χ1v) is 4.19. The van der Waals surface area contributed by atoms with Gasteiger partial charge in [0.05, 0.1) is 6.67 Å². The third-order valence-corrected chi connectivity index (χ3v) is 2.29. The van der Waals surface area contributed by atoms with Crippen LogP contribution in [0.1, 0.15) is 0 Å². The molecule has 0 bridgehead atoms. The lowest BCUT2D eigenvalue weighted by molar-refractivity contribution is 0.291. The third-order valence-electron chi connectivity index (χ3n) is 1.21. The lowest BCUT2D eigenvalue weighted by atomic mass is 10.7. The summed E-state index contributed by atoms with van der Waals surface area (Å²) in [6.07, 6.45) is 0. The van der Waals surface area contributed by atoms with Gasteiger partial charge in [-0.2, -0.15) is 4.67 Å². The molecular formula is C3H15N2O6P. The minimum atomic E-state index is -3.94. The first-order valence-electron chi connectivity index (χ1n) is 2.62. The topological polar surface area (TPSA) is 167 Å². The molecule has 78 valence electrons. The fourth-order valence-corrected chi connectivity index (χ4v) is 1.36. The minimum Gasteiger partial charge on any atom is -0.412 e. The van der Waals surface area contributed by atoms with Crippen LogP contribution in [0.2, 0.25) is 0 Å². The van der Waals surface area contributed by atoms with Crippen LogP contribution in [0.25, 0.3) is 0 Å². The SMILES string of the molecule is O.O.O.O=P(O)(O)N1CCNC1. The van der Waals surface area contributed by atoms with Crippen molar-refractivity contribution < 1.29 is 30.8 Å². The maximum Gasteiger partial charge on any atom is 0.404 e. The Morgan fingerprint density at radius 3 is 1.92 bits per heavy atom. The number of hydrogen-bond donors (Lipinski definition) is 3. The van der Waals surface area contributed by atoms with Crippen LogP contribution in [0.4, 0.5) is 0 Å². The van der Waals surface area contributed by atoms with Crippen LogP contribution in [0.3, 0.4) is 0 Å². The summed E-state index contributed by atoms with van der Waals surface area (Å²) in [6, 6.07) is 0. The largest absolute Gasteiger partial charge is 0.412 e. The summed E-state index contributed by atoms with van der Waals surface area (Å²) in [6.45, 7) is 1.39. The van der Waals surface area contributed by atoms with Gasteiger partial charge in [0.15, 0.2) is 0 Å². The fraction of sp³-hybridized carbons (Fsp3) is 1.00. The molecule has 1 rings (SSSR count). The van der Waals surface area contributed by atoms with Gasteiger partial charge >= 0.3 is 7.75 Å². The molecule has 0 saturated carbocycles. The van der Waals surface area contributed by atoms with Crippen molar-refractivity contribution in [2.24, 2.45) is 0 Å². The van der Waals surface area contributed by atoms with Crippen molar-refractivity contribution in [1.29, 1.82) is 0 Å². The summed E-state index contributed by atoms with van der Waals surface area (Å²) in [5, 5.41) is 2.81. The van der Waals surface area contributed by atoms with Gasteiger partial charge in [-0.25, -0.2) is 4.57 Å². The summed E-state index contributed by atoms with van der Waals surface area (Å²) >= 11 is 0. The van der Waals surface area contributed by atoms with E-state index in [9.17, 15) is 4.57 Å². The van der Waals surface area contributed by atoms with Crippen molar-refractivity contribution in [2.75, 3.05) is 19.8 Å². The van der Waals surface area contributed by atoms with E-state index in [0.29, 0.717) is 19.8 Å². The van der Waals surface area contributed by atoms with Gasteiger partial charge in [-0.15, -0.1) is 0 Å². The zero-order chi connectivity index (χ0) is 6.91. The zero-order valence-corrected chi connectivity index (χ0v) is 7.21. The molecule has 9 heteroatoms. The Bertz CT molecular complexity index is 142. The van der Waals surface area contributed by atoms with Crippen LogP contribution in [-0.2, 0) is 4.57 Å². The standard InChI is InChI=1S/C3H9N2O3P.3H2O/c6-9(7,8)5-2-1-4-3-5;;;/h4H,1-3H2,(H2,6,7,8);3*1H2. The maximum absolute atomic E-state index is 10.4. The molecule has 0 unspecified atom stereocenters. The first kappa shape index (κ1) is 17.9. The van der Waals surface area contributed by atoms with Gasteiger partial charge in [-0.05, 0) is 0 Å². The van der Waals surface area contributed by atoms with E-state index in [2.05, 4.69) is 5.32 Å². The molecule has 1 aliphatic rings. The van der Waals surface area contributed by atoms with Gasteiger partial charge in [-0.3, -0.25) is 0 Å². The molecule has 0 aliphatic carbocycles. The quantitative estimate of drug-likeness (QED) is 0.377. The highest BCUT2D eigenvalue weighted by Gasteiger charge is 2.27. The second-order valence-electron chi connectivity index (χ2n) is 1.90. The average Bonchev–Trinajstić information content (AvgIpc) is 2.08. The maximum atomic E-state index is 10.4. The highest BCUT2D eigenvalue weighted by atomic mass is 31.2. The molecule has 1 fully saturated rings. The van der Waals surface area contributed by atoms with Crippen molar-refractivity contribution in [2.45, 2.75) is 0 Å². The Labute approximate surface area is 69.3 Å². The van der Waals surface area contributed by atoms with E-state index < -0.39 is 7.75 Å². The number of rotatable bonds is 1. The predicted molar refractivity (Wildman–Crippen MR) is 42.5 cm³/mol. The zero-order valence-electron chi connectivity index (χ0n) is 6.32. The molecule has 0 atom stereocenters. The Morgan fingerprint density at radius 1 is 1.25 bits per heavy atom. The highest BCUT2D eigenvalue weighted by Crippen LogP contribution is 2.39. The predicted octanol–water partition coefficient (Wildman–Crippen LogP) is -3.53. The van der Waals surface area contributed by atoms with Gasteiger partial charge in [0.25, 0.3) is 0 Å². The van der Waals surface area contributed by atoms with Gasteiger partial charge in [0.1, 0.15) is 0 Å². The van der Waals surface area contributed by atoms with Crippen LogP contribution < -0.4 is 5.32 Å². The smallest absolute Gasteiger partial charge is 0.404 e. The monoisotopic (exact) mass is 206 g/mol. The van der Waals surface area contributed by atoms with E-state index in [1.807, 2.05) is 0 Å². The summed E-state index contributed by atoms with van der Waals surface area (Å²) in [5.74, 6) is 0. The molecule has 8 nitrogen and oxygen atoms in total. The second kappa shape index (κ2) is 6.46. The van der Waals surface area contributed by atoms with E-state index in [1.165, 1.54) is 0 Å². The molecule has 1 aliphatic heterocycles. The van der Waals surface area contributed by atoms with E-state index >= 15 is 0 Å². The van der Waals surface area contributed by atoms with Crippen molar-refractivity contribution in [1.82, 2.24) is 9.99 Å². The van der Waals surface area contributed by atoms with Crippen LogP contribution in [-0.4, -0.2) is 50.6 Å². The van der Waals surface area contributed by atoms with Gasteiger partial charge in [0, 0.05) is 13.1 Å². The van der Waals surface area contributed by atoms with Crippen LogP contribution in [0.15, 0.2) is 0 Å². The Hall–Kier alpha value is -0.0500. The molecule has 1 heterocycles. The van der Waals surface area contributed by atoms with Crippen molar-refractivity contribution in [3.05, 3.63) is 0 Å². The van der Waals surface area contributed by atoms with E-state index in [4.69, 9.17) is 9.79 Å². The molecule has 0 aromatic rings. The molecule has 0 radical (unpaired) electrons. The fourth-order valence-electron chi connectivity index (χ4n) is 0.718. The molecule has 0 aromatic carbocycles. The number of hydrogen-bond acceptors (Lipinski definition) is 2. The molecule has 0 aromatic heterocycles. The minimum absolute atomic E-state index is 0. The molecule has 9 N–H and O–H groups in total. The van der Waals surface area contributed by atoms with E-state index in [0.717, 1.165) is 4.67 Å². The number of nitrogens with one attached hydrogen (secondary N) is 1. The Balaban J connectivity index is -0.000000270. The Kier molecular flexibility index (Phi) is 9.64. The average molecular weight is 206 g/mol. The lowest BCUT2D eigenvalue weighted by Crippen LogP contribution is -2.18. The van der Waals surface area contributed by atoms with Crippen LogP contribution >= 0.6 is 7.75 Å². The molecule has 0 spiro atoms. The summed E-state index contributed by atoms with van der Waals surface area (Å²) in [5.41, 5.74) is 0. The van der Waals surface area contributed by atoms with Crippen molar-refractivity contribution in [3.8, 4) is 0 Å². The first-order chi connectivity index (χ1) is 4.11. The van der Waals surface area contributed by atoms with E-state index in [1.54, 1.807) is 0 Å². The number of nitrogens with zero attached hydrogens (tertiary/aromatic N) is 1. The Morgan fingerprint density at radius 2 is 1.75 bits per heavy atom. The van der Waals surface area contributed by atoms with Crippen LogP contribution in [0, 0.1) is 0 Å². The second-order valence-corrected chi connectivity index (χ2v) is 3.49. The third kappa shape index (κ3) is 4.75. The molecule has 1 saturated heterocycles. The van der Waals surface area contributed by atoms with Gasteiger partial charge in [0.2, 0.25) is 0 Å². The molecule has 0 amide bonds. The summed E-state index contributed by atoms with van der Waals surface area (Å²) < 4.78 is 11.5. The molecular weight excluding hydrogens is 191 g/mol. The van der Waals surface area contributed by atoms with Crippen molar-refractivity contribution >= 4 is 7.75 Å². The summed E-state index contributed by atoms with van der Waals surface area (Å²) in [4.78, 5) is 17.0. The van der Waals surface area contributed by atoms with E-state index in [-0.39, 0.29) is 16.4 Å². The lowest BCUT2D eigenvalue weighted by Gasteiger charge is -2.13. The normalized spacial score (nSPS) is 17.2. The highest BCUT2D eigenvalue weighted by molar-refractivity contribution is 7.49. The van der Waals surface area contributed by atoms with Gasteiger partial charge < -0.3 is 31.5 Å². The van der Waals surface area contributed by atoms with Crippen LogP contribution in [0.5, 0.6) is 0 Å². The summed E-state index contributed by atoms with van der Waals surface area (Å²) in [7, 11) is -3.94. The van der Waals surface area contributed by atoms with Gasteiger partial charge in [-0.1, -0.05) is 0 Å².